The van der Waals surface area contributed by atoms with Crippen LogP contribution >= 0.6 is 11.3 Å². The number of carbonyl (C=O) groups is 1. The van der Waals surface area contributed by atoms with Crippen molar-refractivity contribution >= 4 is 33.3 Å². The van der Waals surface area contributed by atoms with Crippen LogP contribution in [-0.4, -0.2) is 57.1 Å². The number of benzene rings is 1. The minimum atomic E-state index is -0.902. The molecule has 1 N–H and O–H groups in total. The first-order valence-corrected chi connectivity index (χ1v) is 9.92. The first-order chi connectivity index (χ1) is 14.4. The molecule has 3 aromatic rings. The maximum absolute atomic E-state index is 14.2. The highest BCUT2D eigenvalue weighted by atomic mass is 32.1. The number of ether oxygens (including phenoxy) is 1. The number of pyridine rings is 1. The van der Waals surface area contributed by atoms with E-state index < -0.39 is 16.8 Å². The van der Waals surface area contributed by atoms with Crippen molar-refractivity contribution < 1.29 is 24.0 Å². The predicted octanol–water partition coefficient (Wildman–Crippen LogP) is 3.93. The molecule has 2 aromatic heterocycles. The number of hydrogen-bond acceptors (Lipinski definition) is 7. The summed E-state index contributed by atoms with van der Waals surface area (Å²) in [5.41, 5.74) is 0.361. The van der Waals surface area contributed by atoms with Gasteiger partial charge in [-0.2, -0.15) is 0 Å². The van der Waals surface area contributed by atoms with E-state index in [0.717, 1.165) is 15.6 Å². The van der Waals surface area contributed by atoms with Gasteiger partial charge in [-0.1, -0.05) is 0 Å². The molecule has 9 nitrogen and oxygen atoms in total. The van der Waals surface area contributed by atoms with E-state index in [0.29, 0.717) is 44.0 Å². The highest BCUT2D eigenvalue weighted by Gasteiger charge is 2.21. The number of thiophene rings is 1. The zero-order valence-corrected chi connectivity index (χ0v) is 16.5. The lowest BCUT2D eigenvalue weighted by Crippen LogP contribution is -2.47. The van der Waals surface area contributed by atoms with Gasteiger partial charge in [-0.25, -0.2) is 9.18 Å². The minimum Gasteiger partial charge on any atom is -0.465 e. The molecule has 0 saturated carbocycles. The second-order valence-corrected chi connectivity index (χ2v) is 7.89. The number of nitro benzene ring substituents is 1. The summed E-state index contributed by atoms with van der Waals surface area (Å²) in [4.78, 5) is 30.1. The van der Waals surface area contributed by atoms with Crippen LogP contribution in [0.1, 0.15) is 4.88 Å². The summed E-state index contributed by atoms with van der Waals surface area (Å²) < 4.78 is 20.6. The van der Waals surface area contributed by atoms with Crippen LogP contribution in [0.2, 0.25) is 0 Å². The molecule has 1 aromatic carbocycles. The van der Waals surface area contributed by atoms with Gasteiger partial charge in [-0.05, 0) is 12.1 Å². The Morgan fingerprint density at radius 1 is 1.23 bits per heavy atom. The first kappa shape index (κ1) is 20.0. The molecule has 0 unspecified atom stereocenters. The third-order valence-electron chi connectivity index (χ3n) is 4.80. The fourth-order valence-corrected chi connectivity index (χ4v) is 4.35. The van der Waals surface area contributed by atoms with Crippen LogP contribution < -0.4 is 4.74 Å². The zero-order chi connectivity index (χ0) is 21.3. The Morgan fingerprint density at radius 3 is 2.67 bits per heavy atom. The van der Waals surface area contributed by atoms with E-state index in [9.17, 15) is 19.3 Å². The number of halogens is 1. The second kappa shape index (κ2) is 8.20. The largest absolute Gasteiger partial charge is 0.465 e. The maximum atomic E-state index is 14.2. The monoisotopic (exact) mass is 432 g/mol. The summed E-state index contributed by atoms with van der Waals surface area (Å²) >= 11 is 1.47. The lowest BCUT2D eigenvalue weighted by molar-refractivity contribution is -0.385. The normalized spacial score (nSPS) is 14.8. The smallest absolute Gasteiger partial charge is 0.407 e. The van der Waals surface area contributed by atoms with Crippen molar-refractivity contribution in [2.45, 2.75) is 6.54 Å². The van der Waals surface area contributed by atoms with Gasteiger partial charge < -0.3 is 14.7 Å². The van der Waals surface area contributed by atoms with Gasteiger partial charge in [-0.15, -0.1) is 11.3 Å². The first-order valence-electron chi connectivity index (χ1n) is 9.10. The molecule has 3 heterocycles. The lowest BCUT2D eigenvalue weighted by Gasteiger charge is -2.32. The molecule has 0 atom stereocenters. The number of aromatic nitrogens is 1. The van der Waals surface area contributed by atoms with Crippen molar-refractivity contribution in [3.05, 3.63) is 57.3 Å². The second-order valence-electron chi connectivity index (χ2n) is 6.76. The summed E-state index contributed by atoms with van der Waals surface area (Å²) in [6, 6.07) is 6.80. The summed E-state index contributed by atoms with van der Waals surface area (Å²) in [7, 11) is 0. The van der Waals surface area contributed by atoms with Crippen molar-refractivity contribution in [2.75, 3.05) is 26.2 Å². The molecule has 0 spiro atoms. The van der Waals surface area contributed by atoms with E-state index in [4.69, 9.17) is 9.84 Å². The van der Waals surface area contributed by atoms with Gasteiger partial charge in [0.25, 0.3) is 5.69 Å². The fraction of sp³-hybridized carbons (Fsp3) is 0.263. The van der Waals surface area contributed by atoms with Crippen molar-refractivity contribution in [3.8, 4) is 11.5 Å². The topological polar surface area (TPSA) is 109 Å². The third-order valence-corrected chi connectivity index (χ3v) is 5.92. The molecule has 1 aliphatic heterocycles. The van der Waals surface area contributed by atoms with E-state index in [2.05, 4.69) is 9.88 Å². The molecular formula is C19H17FN4O5S. The lowest BCUT2D eigenvalue weighted by atomic mass is 10.3. The number of hydrogen-bond donors (Lipinski definition) is 1. The van der Waals surface area contributed by atoms with Crippen molar-refractivity contribution in [2.24, 2.45) is 0 Å². The SMILES string of the molecule is O=C(O)N1CCN(Cc2cc3nccc(Oc4ccc([N+](=O)[O-])cc4F)c3s2)CC1. The number of fused-ring (bicyclic) bond motifs is 1. The molecule has 156 valence electrons. The van der Waals surface area contributed by atoms with Crippen molar-refractivity contribution in [1.29, 1.82) is 0 Å². The molecule has 0 bridgehead atoms. The van der Waals surface area contributed by atoms with Gasteiger partial charge in [0.15, 0.2) is 11.6 Å². The van der Waals surface area contributed by atoms with Crippen LogP contribution in [-0.2, 0) is 6.54 Å². The van der Waals surface area contributed by atoms with Crippen LogP contribution in [0.5, 0.6) is 11.5 Å². The average Bonchev–Trinajstić information content (AvgIpc) is 3.13. The van der Waals surface area contributed by atoms with E-state index in [-0.39, 0.29) is 11.4 Å². The van der Waals surface area contributed by atoms with Gasteiger partial charge in [-0.3, -0.25) is 20.0 Å². The Morgan fingerprint density at radius 2 is 2.00 bits per heavy atom. The number of piperazine rings is 1. The summed E-state index contributed by atoms with van der Waals surface area (Å²) in [6.07, 6.45) is 0.657. The van der Waals surface area contributed by atoms with Crippen LogP contribution in [0.25, 0.3) is 10.2 Å². The van der Waals surface area contributed by atoms with Gasteiger partial charge in [0.2, 0.25) is 0 Å². The van der Waals surface area contributed by atoms with E-state index in [1.807, 2.05) is 6.07 Å². The molecule has 0 radical (unpaired) electrons. The average molecular weight is 432 g/mol. The van der Waals surface area contributed by atoms with E-state index >= 15 is 0 Å². The Hall–Kier alpha value is -3.31. The van der Waals surface area contributed by atoms with Crippen LogP contribution in [0, 0.1) is 15.9 Å². The molecule has 1 saturated heterocycles. The number of nitro groups is 1. The molecule has 11 heteroatoms. The third kappa shape index (κ3) is 4.16. The molecular weight excluding hydrogens is 415 g/mol. The van der Waals surface area contributed by atoms with Gasteiger partial charge in [0.05, 0.1) is 21.2 Å². The van der Waals surface area contributed by atoms with Gasteiger partial charge >= 0.3 is 6.09 Å². The number of carboxylic acid groups (broad SMARTS) is 1. The van der Waals surface area contributed by atoms with Crippen LogP contribution in [0.3, 0.4) is 0 Å². The summed E-state index contributed by atoms with van der Waals surface area (Å²) in [5.74, 6) is -0.505. The predicted molar refractivity (Wildman–Crippen MR) is 108 cm³/mol. The Bertz CT molecular complexity index is 1110. The standard InChI is InChI=1S/C19H17FN4O5S/c20-14-9-12(24(27)28)1-2-16(14)29-17-3-4-21-15-10-13(30-18(15)17)11-22-5-7-23(8-6-22)19(25)26/h1-4,9-10H,5-8,11H2,(H,25,26). The Kier molecular flexibility index (Phi) is 5.46. The molecule has 1 amide bonds. The van der Waals surface area contributed by atoms with Gasteiger partial charge in [0.1, 0.15) is 5.75 Å². The fourth-order valence-electron chi connectivity index (χ4n) is 3.24. The maximum Gasteiger partial charge on any atom is 0.407 e. The highest BCUT2D eigenvalue weighted by molar-refractivity contribution is 7.19. The Labute approximate surface area is 174 Å². The van der Waals surface area contributed by atoms with Crippen molar-refractivity contribution in [3.63, 3.8) is 0 Å². The zero-order valence-electron chi connectivity index (χ0n) is 15.7. The Balaban J connectivity index is 1.52. The highest BCUT2D eigenvalue weighted by Crippen LogP contribution is 2.36. The number of nitrogens with zero attached hydrogens (tertiary/aromatic N) is 4. The molecule has 30 heavy (non-hydrogen) atoms. The van der Waals surface area contributed by atoms with Gasteiger partial charge in [0, 0.05) is 55.9 Å². The number of rotatable bonds is 5. The quantitative estimate of drug-likeness (QED) is 0.480. The minimum absolute atomic E-state index is 0.104. The molecule has 4 rings (SSSR count). The molecule has 0 aliphatic carbocycles. The van der Waals surface area contributed by atoms with E-state index in [1.54, 1.807) is 12.3 Å². The number of non-ortho nitro benzene ring substituents is 1. The molecule has 1 aliphatic rings. The van der Waals surface area contributed by atoms with Crippen LogP contribution in [0.4, 0.5) is 14.9 Å². The van der Waals surface area contributed by atoms with Crippen molar-refractivity contribution in [1.82, 2.24) is 14.8 Å². The summed E-state index contributed by atoms with van der Waals surface area (Å²) in [6.45, 7) is 2.87. The van der Waals surface area contributed by atoms with E-state index in [1.165, 1.54) is 28.4 Å². The molecule has 1 fully saturated rings. The van der Waals surface area contributed by atoms with Crippen LogP contribution in [0.15, 0.2) is 36.5 Å². The summed E-state index contributed by atoms with van der Waals surface area (Å²) in [5, 5.41) is 19.8. The number of amides is 1.